The number of nitrogens with two attached hydrogens (primary N) is 1. The molecule has 0 saturated carbocycles. The van der Waals surface area contributed by atoms with E-state index in [2.05, 4.69) is 9.97 Å². The van der Waals surface area contributed by atoms with Gasteiger partial charge >= 0.3 is 5.69 Å². The number of nitrogens with one attached hydrogen (secondary N) is 1. The van der Waals surface area contributed by atoms with E-state index in [1.54, 1.807) is 19.1 Å². The Bertz CT molecular complexity index is 1080. The number of aromatic nitrogens is 3. The molecule has 1 aromatic carbocycles. The average molecular weight is 399 g/mol. The molecule has 29 heavy (non-hydrogen) atoms. The Kier molecular flexibility index (Phi) is 6.06. The van der Waals surface area contributed by atoms with Gasteiger partial charge in [-0.15, -0.1) is 0 Å². The predicted molar refractivity (Wildman–Crippen MR) is 111 cm³/mol. The van der Waals surface area contributed by atoms with E-state index < -0.39 is 11.2 Å². The molecule has 0 aliphatic rings. The third-order valence-electron chi connectivity index (χ3n) is 4.62. The van der Waals surface area contributed by atoms with E-state index in [0.29, 0.717) is 24.7 Å². The van der Waals surface area contributed by atoms with Gasteiger partial charge in [-0.1, -0.05) is 13.3 Å². The summed E-state index contributed by atoms with van der Waals surface area (Å²) in [4.78, 5) is 32.9. The summed E-state index contributed by atoms with van der Waals surface area (Å²) in [5, 5.41) is 0. The van der Waals surface area contributed by atoms with E-state index >= 15 is 0 Å². The van der Waals surface area contributed by atoms with E-state index in [1.165, 1.54) is 10.8 Å². The molecule has 9 heteroatoms. The van der Waals surface area contributed by atoms with Gasteiger partial charge in [0.05, 0.1) is 19.3 Å². The number of oxazole rings is 1. The maximum atomic E-state index is 12.4. The van der Waals surface area contributed by atoms with Crippen molar-refractivity contribution >= 4 is 11.5 Å². The second-order valence-corrected chi connectivity index (χ2v) is 6.73. The molecular weight excluding hydrogens is 374 g/mol. The van der Waals surface area contributed by atoms with Crippen LogP contribution in [0.3, 0.4) is 0 Å². The zero-order chi connectivity index (χ0) is 21.0. The molecule has 0 fully saturated rings. The van der Waals surface area contributed by atoms with Gasteiger partial charge in [0.25, 0.3) is 5.56 Å². The van der Waals surface area contributed by atoms with Crippen LogP contribution in [0.5, 0.6) is 5.75 Å². The normalized spacial score (nSPS) is 10.9. The van der Waals surface area contributed by atoms with Crippen LogP contribution in [0, 0.1) is 0 Å². The SMILES string of the molecule is CCCCn1c(N)c(N(C)Cc2coc(-c3ccc(OC)cc3)n2)c(=O)[nH]c1=O. The van der Waals surface area contributed by atoms with E-state index in [0.717, 1.165) is 24.2 Å². The summed E-state index contributed by atoms with van der Waals surface area (Å²) >= 11 is 0. The minimum Gasteiger partial charge on any atom is -0.497 e. The molecule has 2 aromatic heterocycles. The highest BCUT2D eigenvalue weighted by atomic mass is 16.5. The molecule has 154 valence electrons. The highest BCUT2D eigenvalue weighted by Gasteiger charge is 2.18. The van der Waals surface area contributed by atoms with Crippen molar-refractivity contribution in [1.29, 1.82) is 0 Å². The van der Waals surface area contributed by atoms with Crippen molar-refractivity contribution in [2.24, 2.45) is 0 Å². The molecule has 0 amide bonds. The lowest BCUT2D eigenvalue weighted by molar-refractivity contribution is 0.415. The molecule has 9 nitrogen and oxygen atoms in total. The highest BCUT2D eigenvalue weighted by Crippen LogP contribution is 2.23. The summed E-state index contributed by atoms with van der Waals surface area (Å²) in [6, 6.07) is 7.35. The standard InChI is InChI=1S/C20H25N5O4/c1-4-5-10-25-17(21)16(18(26)23-20(25)27)24(2)11-14-12-29-19(22-14)13-6-8-15(28-3)9-7-13/h6-9,12H,4-5,10-11,21H2,1-3H3,(H,23,26,27). The van der Waals surface area contributed by atoms with Crippen molar-refractivity contribution < 1.29 is 9.15 Å². The van der Waals surface area contributed by atoms with Crippen LogP contribution in [0.4, 0.5) is 11.5 Å². The van der Waals surface area contributed by atoms with Crippen molar-refractivity contribution in [3.63, 3.8) is 0 Å². The first kappa shape index (κ1) is 20.2. The van der Waals surface area contributed by atoms with Gasteiger partial charge in [-0.25, -0.2) is 9.78 Å². The molecule has 3 rings (SSSR count). The van der Waals surface area contributed by atoms with Gasteiger partial charge in [0, 0.05) is 19.2 Å². The molecule has 0 spiro atoms. The van der Waals surface area contributed by atoms with Crippen LogP contribution in [-0.2, 0) is 13.1 Å². The monoisotopic (exact) mass is 399 g/mol. The molecular formula is C20H25N5O4. The maximum Gasteiger partial charge on any atom is 0.330 e. The molecule has 0 atom stereocenters. The highest BCUT2D eigenvalue weighted by molar-refractivity contribution is 5.62. The first-order chi connectivity index (χ1) is 13.9. The van der Waals surface area contributed by atoms with E-state index in [9.17, 15) is 9.59 Å². The average Bonchev–Trinajstić information content (AvgIpc) is 3.16. The van der Waals surface area contributed by atoms with Crippen LogP contribution in [0.1, 0.15) is 25.5 Å². The number of nitrogen functional groups attached to an aromatic ring is 1. The first-order valence-electron chi connectivity index (χ1n) is 9.37. The number of ether oxygens (including phenoxy) is 1. The molecule has 0 bridgehead atoms. The summed E-state index contributed by atoms with van der Waals surface area (Å²) in [6.45, 7) is 2.76. The van der Waals surface area contributed by atoms with Crippen LogP contribution in [0.25, 0.3) is 11.5 Å². The smallest absolute Gasteiger partial charge is 0.330 e. The number of benzene rings is 1. The van der Waals surface area contributed by atoms with Crippen molar-refractivity contribution in [2.75, 3.05) is 24.8 Å². The van der Waals surface area contributed by atoms with Crippen LogP contribution >= 0.6 is 0 Å². The van der Waals surface area contributed by atoms with Crippen LogP contribution in [0.2, 0.25) is 0 Å². The Morgan fingerprint density at radius 1 is 1.28 bits per heavy atom. The number of hydrogen-bond donors (Lipinski definition) is 2. The quantitative estimate of drug-likeness (QED) is 0.596. The van der Waals surface area contributed by atoms with Crippen LogP contribution < -0.4 is 26.6 Å². The van der Waals surface area contributed by atoms with Crippen molar-refractivity contribution in [3.8, 4) is 17.2 Å². The van der Waals surface area contributed by atoms with Gasteiger partial charge in [-0.2, -0.15) is 0 Å². The molecule has 0 radical (unpaired) electrons. The largest absolute Gasteiger partial charge is 0.497 e. The summed E-state index contributed by atoms with van der Waals surface area (Å²) in [7, 11) is 3.32. The van der Waals surface area contributed by atoms with Crippen LogP contribution in [-0.4, -0.2) is 28.7 Å². The lowest BCUT2D eigenvalue weighted by atomic mass is 10.2. The molecule has 0 saturated heterocycles. The maximum absolute atomic E-state index is 12.4. The minimum atomic E-state index is -0.526. The zero-order valence-electron chi connectivity index (χ0n) is 16.8. The van der Waals surface area contributed by atoms with Gasteiger partial charge < -0.3 is 19.8 Å². The number of rotatable bonds is 8. The van der Waals surface area contributed by atoms with Crippen molar-refractivity contribution in [3.05, 3.63) is 57.1 Å². The van der Waals surface area contributed by atoms with Gasteiger partial charge in [-0.3, -0.25) is 14.3 Å². The molecule has 3 N–H and O–H groups in total. The number of unbranched alkanes of at least 4 members (excludes halogenated alkanes) is 1. The third kappa shape index (κ3) is 4.34. The molecule has 2 heterocycles. The summed E-state index contributed by atoms with van der Waals surface area (Å²) in [5.41, 5.74) is 6.79. The number of nitrogens with zero attached hydrogens (tertiary/aromatic N) is 3. The number of H-pyrrole nitrogens is 1. The Morgan fingerprint density at radius 3 is 2.66 bits per heavy atom. The lowest BCUT2D eigenvalue weighted by Crippen LogP contribution is -2.37. The number of aromatic amines is 1. The second kappa shape index (κ2) is 8.68. The lowest BCUT2D eigenvalue weighted by Gasteiger charge is -2.20. The number of methoxy groups -OCH3 is 1. The zero-order valence-corrected chi connectivity index (χ0v) is 16.8. The van der Waals surface area contributed by atoms with Crippen molar-refractivity contribution in [1.82, 2.24) is 14.5 Å². The third-order valence-corrected chi connectivity index (χ3v) is 4.62. The van der Waals surface area contributed by atoms with Gasteiger partial charge in [0.15, 0.2) is 0 Å². The predicted octanol–water partition coefficient (Wildman–Crippen LogP) is 2.22. The molecule has 0 aliphatic carbocycles. The number of hydrogen-bond acceptors (Lipinski definition) is 7. The Balaban J connectivity index is 1.83. The Morgan fingerprint density at radius 2 is 2.00 bits per heavy atom. The van der Waals surface area contributed by atoms with Gasteiger partial charge in [0.2, 0.25) is 5.89 Å². The van der Waals surface area contributed by atoms with Gasteiger partial charge in [0.1, 0.15) is 23.5 Å². The molecule has 0 unspecified atom stereocenters. The second-order valence-electron chi connectivity index (χ2n) is 6.73. The first-order valence-corrected chi connectivity index (χ1v) is 9.37. The fraction of sp³-hybridized carbons (Fsp3) is 0.350. The fourth-order valence-electron chi connectivity index (χ4n) is 3.05. The van der Waals surface area contributed by atoms with Gasteiger partial charge in [-0.05, 0) is 30.7 Å². The molecule has 3 aromatic rings. The minimum absolute atomic E-state index is 0.147. The summed E-state index contributed by atoms with van der Waals surface area (Å²) in [6.07, 6.45) is 3.23. The summed E-state index contributed by atoms with van der Waals surface area (Å²) in [5.74, 6) is 1.35. The summed E-state index contributed by atoms with van der Waals surface area (Å²) < 4.78 is 12.1. The Hall–Kier alpha value is -3.49. The van der Waals surface area contributed by atoms with E-state index in [4.69, 9.17) is 14.9 Å². The molecule has 0 aliphatic heterocycles. The van der Waals surface area contributed by atoms with Crippen LogP contribution in [0.15, 0.2) is 44.5 Å². The topological polar surface area (TPSA) is 119 Å². The number of anilines is 2. The Labute approximate surface area is 167 Å². The van der Waals surface area contributed by atoms with E-state index in [1.807, 2.05) is 31.2 Å². The van der Waals surface area contributed by atoms with Crippen molar-refractivity contribution in [2.45, 2.75) is 32.9 Å². The fourth-order valence-corrected chi connectivity index (χ4v) is 3.05. The van der Waals surface area contributed by atoms with E-state index in [-0.39, 0.29) is 11.5 Å².